The lowest BCUT2D eigenvalue weighted by atomic mass is 9.90. The Morgan fingerprint density at radius 1 is 1.21 bits per heavy atom. The van der Waals surface area contributed by atoms with Gasteiger partial charge in [-0.1, -0.05) is 57.4 Å². The summed E-state index contributed by atoms with van der Waals surface area (Å²) < 4.78 is 5.82. The van der Waals surface area contributed by atoms with Crippen molar-refractivity contribution in [3.63, 3.8) is 0 Å². The zero-order valence-electron chi connectivity index (χ0n) is 18.6. The molecule has 0 radical (unpaired) electrons. The SMILES string of the molecule is C/C(=C\[C@@H](C)[C@H](O)C[C@@H](C)O)C[C@H](C)C1C/C=C/CC(C)CCCCC(=O)O1. The molecular weight excluding hydrogens is 352 g/mol. The van der Waals surface area contributed by atoms with Gasteiger partial charge in [0.05, 0.1) is 12.2 Å². The second-order valence-electron chi connectivity index (χ2n) is 9.03. The van der Waals surface area contributed by atoms with Crippen molar-refractivity contribution in [2.24, 2.45) is 17.8 Å². The lowest BCUT2D eigenvalue weighted by molar-refractivity contribution is -0.151. The summed E-state index contributed by atoms with van der Waals surface area (Å²) in [5.74, 6) is 0.788. The van der Waals surface area contributed by atoms with Gasteiger partial charge >= 0.3 is 5.97 Å². The van der Waals surface area contributed by atoms with Crippen LogP contribution in [0.25, 0.3) is 0 Å². The van der Waals surface area contributed by atoms with Crippen LogP contribution in [0.3, 0.4) is 0 Å². The third-order valence-corrected chi connectivity index (χ3v) is 5.70. The number of carbonyl (C=O) groups excluding carboxylic acids is 1. The van der Waals surface area contributed by atoms with Gasteiger partial charge in [-0.2, -0.15) is 0 Å². The molecule has 4 nitrogen and oxygen atoms in total. The zero-order valence-corrected chi connectivity index (χ0v) is 18.6. The first kappa shape index (κ1) is 24.9. The van der Waals surface area contributed by atoms with E-state index in [0.29, 0.717) is 18.8 Å². The van der Waals surface area contributed by atoms with Gasteiger partial charge < -0.3 is 14.9 Å². The summed E-state index contributed by atoms with van der Waals surface area (Å²) in [5.41, 5.74) is 1.18. The summed E-state index contributed by atoms with van der Waals surface area (Å²) in [5, 5.41) is 19.6. The number of hydrogen-bond acceptors (Lipinski definition) is 4. The summed E-state index contributed by atoms with van der Waals surface area (Å²) in [4.78, 5) is 12.2. The maximum atomic E-state index is 12.2. The van der Waals surface area contributed by atoms with Crippen molar-refractivity contribution in [2.45, 2.75) is 104 Å². The number of ether oxygens (including phenoxy) is 1. The molecule has 1 aliphatic rings. The van der Waals surface area contributed by atoms with E-state index in [2.05, 4.69) is 39.0 Å². The van der Waals surface area contributed by atoms with E-state index in [9.17, 15) is 15.0 Å². The Hall–Kier alpha value is -1.13. The van der Waals surface area contributed by atoms with Crippen LogP contribution in [-0.2, 0) is 9.53 Å². The fourth-order valence-corrected chi connectivity index (χ4v) is 3.89. The number of aliphatic hydroxyl groups excluding tert-OH is 2. The number of esters is 1. The van der Waals surface area contributed by atoms with Crippen LogP contribution in [0.1, 0.15) is 86.0 Å². The topological polar surface area (TPSA) is 66.8 Å². The highest BCUT2D eigenvalue weighted by Gasteiger charge is 2.22. The molecule has 162 valence electrons. The van der Waals surface area contributed by atoms with Crippen LogP contribution in [-0.4, -0.2) is 34.5 Å². The predicted molar refractivity (Wildman–Crippen MR) is 115 cm³/mol. The molecule has 1 heterocycles. The monoisotopic (exact) mass is 394 g/mol. The minimum atomic E-state index is -0.547. The maximum absolute atomic E-state index is 12.2. The summed E-state index contributed by atoms with van der Waals surface area (Å²) in [7, 11) is 0. The van der Waals surface area contributed by atoms with Crippen LogP contribution in [0.2, 0.25) is 0 Å². The smallest absolute Gasteiger partial charge is 0.306 e. The van der Waals surface area contributed by atoms with E-state index in [1.165, 1.54) is 12.0 Å². The van der Waals surface area contributed by atoms with E-state index in [4.69, 9.17) is 4.74 Å². The van der Waals surface area contributed by atoms with E-state index in [-0.39, 0.29) is 23.9 Å². The third-order valence-electron chi connectivity index (χ3n) is 5.70. The number of hydrogen-bond donors (Lipinski definition) is 2. The number of rotatable bonds is 7. The molecule has 28 heavy (non-hydrogen) atoms. The molecule has 0 spiro atoms. The molecule has 4 heteroatoms. The second-order valence-corrected chi connectivity index (χ2v) is 9.03. The first-order chi connectivity index (χ1) is 13.2. The Kier molecular flexibility index (Phi) is 11.7. The van der Waals surface area contributed by atoms with Gasteiger partial charge in [0.2, 0.25) is 0 Å². The summed E-state index contributed by atoms with van der Waals surface area (Å²) in [6, 6.07) is 0. The van der Waals surface area contributed by atoms with E-state index in [0.717, 1.165) is 32.1 Å². The summed E-state index contributed by atoms with van der Waals surface area (Å²) in [6.45, 7) is 10.1. The van der Waals surface area contributed by atoms with Crippen LogP contribution < -0.4 is 0 Å². The molecule has 0 bridgehead atoms. The summed E-state index contributed by atoms with van der Waals surface area (Å²) >= 11 is 0. The van der Waals surface area contributed by atoms with E-state index in [1.807, 2.05) is 6.92 Å². The van der Waals surface area contributed by atoms with E-state index in [1.54, 1.807) is 6.92 Å². The van der Waals surface area contributed by atoms with Gasteiger partial charge in [-0.15, -0.1) is 0 Å². The third kappa shape index (κ3) is 10.4. The van der Waals surface area contributed by atoms with Crippen LogP contribution >= 0.6 is 0 Å². The Morgan fingerprint density at radius 3 is 2.57 bits per heavy atom. The fraction of sp³-hybridized carbons (Fsp3) is 0.792. The van der Waals surface area contributed by atoms with E-state index < -0.39 is 12.2 Å². The Bertz CT molecular complexity index is 509. The van der Waals surface area contributed by atoms with Gasteiger partial charge in [0.15, 0.2) is 0 Å². The minimum Gasteiger partial charge on any atom is -0.462 e. The molecule has 0 aromatic rings. The van der Waals surface area contributed by atoms with Crippen LogP contribution in [0.15, 0.2) is 23.8 Å². The first-order valence-electron chi connectivity index (χ1n) is 11.1. The van der Waals surface area contributed by atoms with Gasteiger partial charge in [0.25, 0.3) is 0 Å². The molecular formula is C24H42O4. The van der Waals surface area contributed by atoms with Gasteiger partial charge in [-0.05, 0) is 51.4 Å². The maximum Gasteiger partial charge on any atom is 0.306 e. The number of carbonyl (C=O) groups is 1. The molecule has 0 fully saturated rings. The number of allylic oxidation sites excluding steroid dienone is 2. The first-order valence-corrected chi connectivity index (χ1v) is 11.1. The van der Waals surface area contributed by atoms with Gasteiger partial charge in [-0.25, -0.2) is 0 Å². The highest BCUT2D eigenvalue weighted by atomic mass is 16.5. The quantitative estimate of drug-likeness (QED) is 0.461. The Morgan fingerprint density at radius 2 is 1.89 bits per heavy atom. The molecule has 2 N–H and O–H groups in total. The van der Waals surface area contributed by atoms with Crippen molar-refractivity contribution in [2.75, 3.05) is 0 Å². The average molecular weight is 395 g/mol. The predicted octanol–water partition coefficient (Wildman–Crippen LogP) is 5.19. The largest absolute Gasteiger partial charge is 0.462 e. The summed E-state index contributed by atoms with van der Waals surface area (Å²) in [6.07, 6.45) is 12.0. The fourth-order valence-electron chi connectivity index (χ4n) is 3.89. The van der Waals surface area contributed by atoms with Crippen molar-refractivity contribution >= 4 is 5.97 Å². The lowest BCUT2D eigenvalue weighted by Gasteiger charge is -2.25. The standard InChI is InChI=1S/C24H42O4/c1-17-10-6-8-12-23(28-24(27)13-9-7-11-17)20(4)15-18(2)14-19(3)22(26)16-21(5)25/h6,8,14,17,19-23,25-26H,7,9-13,15-16H2,1-5H3/b8-6+,18-14+/t17?,19-,20+,21-,22-,23?/m1/s1. The molecule has 0 amide bonds. The number of cyclic esters (lactones) is 1. The molecule has 0 saturated carbocycles. The molecule has 2 unspecified atom stereocenters. The molecule has 0 saturated heterocycles. The highest BCUT2D eigenvalue weighted by molar-refractivity contribution is 5.69. The molecule has 0 aliphatic carbocycles. The number of aliphatic hydroxyl groups is 2. The Labute approximate surface area is 172 Å². The molecule has 1 aliphatic heterocycles. The molecule has 0 aromatic heterocycles. The van der Waals surface area contributed by atoms with Crippen LogP contribution in [0, 0.1) is 17.8 Å². The lowest BCUT2D eigenvalue weighted by Crippen LogP contribution is -2.26. The van der Waals surface area contributed by atoms with Crippen molar-refractivity contribution in [1.82, 2.24) is 0 Å². The van der Waals surface area contributed by atoms with Crippen molar-refractivity contribution in [3.05, 3.63) is 23.8 Å². The normalized spacial score (nSPS) is 28.2. The second kappa shape index (κ2) is 13.2. The average Bonchev–Trinajstić information content (AvgIpc) is 2.59. The van der Waals surface area contributed by atoms with Crippen molar-refractivity contribution in [1.29, 1.82) is 0 Å². The van der Waals surface area contributed by atoms with Crippen LogP contribution in [0.4, 0.5) is 0 Å². The molecule has 6 atom stereocenters. The van der Waals surface area contributed by atoms with Gasteiger partial charge in [0, 0.05) is 18.8 Å². The van der Waals surface area contributed by atoms with Gasteiger partial charge in [0.1, 0.15) is 6.10 Å². The molecule has 1 rings (SSSR count). The van der Waals surface area contributed by atoms with Crippen LogP contribution in [0.5, 0.6) is 0 Å². The van der Waals surface area contributed by atoms with E-state index >= 15 is 0 Å². The minimum absolute atomic E-state index is 0.0120. The van der Waals surface area contributed by atoms with Crippen molar-refractivity contribution in [3.8, 4) is 0 Å². The Balaban J connectivity index is 2.70. The highest BCUT2D eigenvalue weighted by Crippen LogP contribution is 2.24. The van der Waals surface area contributed by atoms with Crippen molar-refractivity contribution < 1.29 is 19.7 Å². The van der Waals surface area contributed by atoms with Gasteiger partial charge in [-0.3, -0.25) is 4.79 Å². The molecule has 0 aromatic carbocycles. The zero-order chi connectivity index (χ0) is 21.1.